The highest BCUT2D eigenvalue weighted by molar-refractivity contribution is 8.03. The van der Waals surface area contributed by atoms with Crippen molar-refractivity contribution < 1.29 is 4.79 Å². The molecule has 1 aromatic carbocycles. The Bertz CT molecular complexity index is 638. The summed E-state index contributed by atoms with van der Waals surface area (Å²) >= 11 is 1.45. The maximum atomic E-state index is 11.9. The SMILES string of the molecule is C=C(NC(=O)c1ccccn1)Sc1ccc(C)cc1C. The van der Waals surface area contributed by atoms with Gasteiger partial charge < -0.3 is 5.32 Å². The van der Waals surface area contributed by atoms with Gasteiger partial charge in [0.1, 0.15) is 5.69 Å². The number of thioether (sulfide) groups is 1. The van der Waals surface area contributed by atoms with Gasteiger partial charge in [-0.1, -0.05) is 42.1 Å². The minimum atomic E-state index is -0.243. The van der Waals surface area contributed by atoms with Gasteiger partial charge in [-0.25, -0.2) is 0 Å². The van der Waals surface area contributed by atoms with Crippen LogP contribution in [0.4, 0.5) is 0 Å². The van der Waals surface area contributed by atoms with E-state index in [0.29, 0.717) is 10.7 Å². The molecule has 0 unspecified atom stereocenters. The molecule has 2 aromatic rings. The third-order valence-electron chi connectivity index (χ3n) is 2.71. The molecule has 1 heterocycles. The average Bonchev–Trinajstić information content (AvgIpc) is 2.43. The summed E-state index contributed by atoms with van der Waals surface area (Å²) in [5, 5.41) is 3.34. The van der Waals surface area contributed by atoms with Crippen LogP contribution in [0.5, 0.6) is 0 Å². The molecule has 20 heavy (non-hydrogen) atoms. The van der Waals surface area contributed by atoms with Crippen LogP contribution in [0.2, 0.25) is 0 Å². The Morgan fingerprint density at radius 3 is 2.70 bits per heavy atom. The summed E-state index contributed by atoms with van der Waals surface area (Å²) in [5.41, 5.74) is 2.77. The van der Waals surface area contributed by atoms with Gasteiger partial charge in [0, 0.05) is 11.1 Å². The van der Waals surface area contributed by atoms with E-state index in [1.165, 1.54) is 22.9 Å². The lowest BCUT2D eigenvalue weighted by Gasteiger charge is -2.10. The Hall–Kier alpha value is -2.07. The van der Waals surface area contributed by atoms with Crippen LogP contribution in [-0.4, -0.2) is 10.9 Å². The van der Waals surface area contributed by atoms with Gasteiger partial charge in [-0.15, -0.1) is 0 Å². The van der Waals surface area contributed by atoms with Crippen molar-refractivity contribution in [2.75, 3.05) is 0 Å². The highest BCUT2D eigenvalue weighted by Gasteiger charge is 2.09. The number of benzene rings is 1. The van der Waals surface area contributed by atoms with Crippen molar-refractivity contribution in [3.05, 3.63) is 71.0 Å². The van der Waals surface area contributed by atoms with Gasteiger partial charge in [-0.05, 0) is 37.6 Å². The maximum Gasteiger partial charge on any atom is 0.274 e. The first kappa shape index (κ1) is 14.3. The molecule has 0 saturated carbocycles. The quantitative estimate of drug-likeness (QED) is 0.871. The fourth-order valence-electron chi connectivity index (χ4n) is 1.76. The number of amides is 1. The first-order valence-electron chi connectivity index (χ1n) is 6.22. The van der Waals surface area contributed by atoms with Crippen molar-refractivity contribution in [3.63, 3.8) is 0 Å². The largest absolute Gasteiger partial charge is 0.315 e. The predicted molar refractivity (Wildman–Crippen MR) is 82.6 cm³/mol. The summed E-state index contributed by atoms with van der Waals surface area (Å²) in [6.07, 6.45) is 1.59. The average molecular weight is 284 g/mol. The smallest absolute Gasteiger partial charge is 0.274 e. The Morgan fingerprint density at radius 1 is 1.25 bits per heavy atom. The molecule has 3 nitrogen and oxygen atoms in total. The molecule has 1 aromatic heterocycles. The van der Waals surface area contributed by atoms with Crippen LogP contribution in [0.1, 0.15) is 21.6 Å². The fraction of sp³-hybridized carbons (Fsp3) is 0.125. The number of hydrogen-bond donors (Lipinski definition) is 1. The van der Waals surface area contributed by atoms with E-state index in [9.17, 15) is 4.79 Å². The summed E-state index contributed by atoms with van der Waals surface area (Å²) in [6.45, 7) is 7.98. The number of pyridine rings is 1. The number of aryl methyl sites for hydroxylation is 2. The number of hydrogen-bond acceptors (Lipinski definition) is 3. The van der Waals surface area contributed by atoms with Crippen LogP contribution in [0.15, 0.2) is 59.1 Å². The second-order valence-corrected chi connectivity index (χ2v) is 5.60. The van der Waals surface area contributed by atoms with E-state index in [-0.39, 0.29) is 5.91 Å². The van der Waals surface area contributed by atoms with Crippen LogP contribution >= 0.6 is 11.8 Å². The zero-order valence-electron chi connectivity index (χ0n) is 11.5. The van der Waals surface area contributed by atoms with Gasteiger partial charge in [0.15, 0.2) is 0 Å². The number of nitrogens with zero attached hydrogens (tertiary/aromatic N) is 1. The molecule has 0 radical (unpaired) electrons. The minimum Gasteiger partial charge on any atom is -0.315 e. The molecule has 0 aliphatic carbocycles. The summed E-state index contributed by atoms with van der Waals surface area (Å²) < 4.78 is 0. The van der Waals surface area contributed by atoms with Gasteiger partial charge in [-0.2, -0.15) is 0 Å². The minimum absolute atomic E-state index is 0.243. The normalized spacial score (nSPS) is 10.1. The van der Waals surface area contributed by atoms with E-state index in [2.05, 4.69) is 29.9 Å². The Morgan fingerprint density at radius 2 is 2.05 bits per heavy atom. The van der Waals surface area contributed by atoms with Crippen molar-refractivity contribution in [2.24, 2.45) is 0 Å². The van der Waals surface area contributed by atoms with Gasteiger partial charge in [0.05, 0.1) is 5.03 Å². The number of rotatable bonds is 4. The van der Waals surface area contributed by atoms with Crippen molar-refractivity contribution >= 4 is 17.7 Å². The molecule has 1 N–H and O–H groups in total. The van der Waals surface area contributed by atoms with Gasteiger partial charge >= 0.3 is 0 Å². The number of carbonyl (C=O) groups is 1. The lowest BCUT2D eigenvalue weighted by atomic mass is 10.2. The molecule has 1 amide bonds. The van der Waals surface area contributed by atoms with Crippen molar-refractivity contribution in [3.8, 4) is 0 Å². The van der Waals surface area contributed by atoms with E-state index in [1.807, 2.05) is 19.1 Å². The molecule has 0 fully saturated rings. The van der Waals surface area contributed by atoms with Crippen LogP contribution in [0.3, 0.4) is 0 Å². The standard InChI is InChI=1S/C16H16N2OS/c1-11-7-8-15(12(2)10-11)20-13(3)18-16(19)14-6-4-5-9-17-14/h4-10H,3H2,1-2H3,(H,18,19). The third-order valence-corrected chi connectivity index (χ3v) is 3.74. The molecule has 0 aliphatic heterocycles. The van der Waals surface area contributed by atoms with Crippen LogP contribution in [0.25, 0.3) is 0 Å². The second-order valence-electron chi connectivity index (χ2n) is 4.46. The molecule has 0 spiro atoms. The van der Waals surface area contributed by atoms with Crippen LogP contribution in [-0.2, 0) is 0 Å². The molecule has 0 atom stereocenters. The van der Waals surface area contributed by atoms with E-state index in [1.54, 1.807) is 24.4 Å². The second kappa shape index (κ2) is 6.39. The summed E-state index contributed by atoms with van der Waals surface area (Å²) in [6, 6.07) is 11.4. The lowest BCUT2D eigenvalue weighted by molar-refractivity contribution is 0.0964. The first-order chi connectivity index (χ1) is 9.56. The van der Waals surface area contributed by atoms with Crippen LogP contribution < -0.4 is 5.32 Å². The third kappa shape index (κ3) is 3.71. The molecule has 0 saturated heterocycles. The van der Waals surface area contributed by atoms with Gasteiger partial charge in [-0.3, -0.25) is 9.78 Å². The first-order valence-corrected chi connectivity index (χ1v) is 7.04. The zero-order valence-corrected chi connectivity index (χ0v) is 12.3. The molecule has 0 bridgehead atoms. The van der Waals surface area contributed by atoms with Crippen molar-refractivity contribution in [2.45, 2.75) is 18.7 Å². The number of aromatic nitrogens is 1. The Balaban J connectivity index is 2.01. The fourth-order valence-corrected chi connectivity index (χ4v) is 2.53. The van der Waals surface area contributed by atoms with Crippen molar-refractivity contribution in [1.82, 2.24) is 10.3 Å². The highest BCUT2D eigenvalue weighted by Crippen LogP contribution is 2.27. The van der Waals surface area contributed by atoms with E-state index >= 15 is 0 Å². The molecule has 4 heteroatoms. The summed E-state index contributed by atoms with van der Waals surface area (Å²) in [5.74, 6) is -0.243. The van der Waals surface area contributed by atoms with Gasteiger partial charge in [0.2, 0.25) is 0 Å². The van der Waals surface area contributed by atoms with E-state index in [4.69, 9.17) is 0 Å². The lowest BCUT2D eigenvalue weighted by Crippen LogP contribution is -2.21. The summed E-state index contributed by atoms with van der Waals surface area (Å²) in [4.78, 5) is 17.0. The summed E-state index contributed by atoms with van der Waals surface area (Å²) in [7, 11) is 0. The Labute approximate surface area is 123 Å². The van der Waals surface area contributed by atoms with E-state index in [0.717, 1.165) is 4.90 Å². The van der Waals surface area contributed by atoms with Crippen LogP contribution in [0, 0.1) is 13.8 Å². The van der Waals surface area contributed by atoms with Crippen molar-refractivity contribution in [1.29, 1.82) is 0 Å². The predicted octanol–water partition coefficient (Wildman–Crippen LogP) is 3.69. The van der Waals surface area contributed by atoms with Gasteiger partial charge in [0.25, 0.3) is 5.91 Å². The molecule has 102 valence electrons. The molecular formula is C16H16N2OS. The maximum absolute atomic E-state index is 11.9. The Kier molecular flexibility index (Phi) is 4.58. The monoisotopic (exact) mass is 284 g/mol. The molecular weight excluding hydrogens is 268 g/mol. The number of nitrogens with one attached hydrogen (secondary N) is 1. The number of carbonyl (C=O) groups excluding carboxylic acids is 1. The zero-order chi connectivity index (χ0) is 14.5. The molecule has 2 rings (SSSR count). The van der Waals surface area contributed by atoms with E-state index < -0.39 is 0 Å². The molecule has 0 aliphatic rings. The highest BCUT2D eigenvalue weighted by atomic mass is 32.2. The topological polar surface area (TPSA) is 42.0 Å².